The van der Waals surface area contributed by atoms with Crippen molar-refractivity contribution >= 4 is 28.0 Å². The Morgan fingerprint density at radius 1 is 1.40 bits per heavy atom. The molecule has 1 heterocycles. The van der Waals surface area contributed by atoms with E-state index in [1.165, 1.54) is 13.3 Å². The van der Waals surface area contributed by atoms with E-state index in [-0.39, 0.29) is 5.75 Å². The topological polar surface area (TPSA) is 99.8 Å². The predicted octanol–water partition coefficient (Wildman–Crippen LogP) is 3.33. The fourth-order valence-electron chi connectivity index (χ4n) is 2.23. The molecule has 0 radical (unpaired) electrons. The van der Waals surface area contributed by atoms with Crippen molar-refractivity contribution in [3.8, 4) is 17.6 Å². The molecule has 2 rings (SSSR count). The minimum atomic E-state index is -0.0333. The number of benzene rings is 1. The third kappa shape index (κ3) is 4.47. The number of phenols is 1. The van der Waals surface area contributed by atoms with E-state index in [4.69, 9.17) is 9.47 Å². The normalized spacial score (nSPS) is 10.7. The molecule has 0 unspecified atom stereocenters. The summed E-state index contributed by atoms with van der Waals surface area (Å²) < 4.78 is 10.9. The SMILES string of the molecule is COCc1cc(C)nc(NN=Cc2cc(Br)cc(OC)c2O)c1C#N. The third-order valence-corrected chi connectivity index (χ3v) is 3.76. The van der Waals surface area contributed by atoms with Crippen molar-refractivity contribution in [2.75, 3.05) is 19.6 Å². The van der Waals surface area contributed by atoms with Crippen molar-refractivity contribution in [3.05, 3.63) is 45.1 Å². The van der Waals surface area contributed by atoms with E-state index in [0.29, 0.717) is 29.3 Å². The average molecular weight is 405 g/mol. The number of ether oxygens (including phenoxy) is 2. The van der Waals surface area contributed by atoms with Gasteiger partial charge >= 0.3 is 0 Å². The molecular formula is C17H17BrN4O3. The van der Waals surface area contributed by atoms with Gasteiger partial charge in [-0.25, -0.2) is 4.98 Å². The molecule has 0 spiro atoms. The van der Waals surface area contributed by atoms with Crippen molar-refractivity contribution in [1.82, 2.24) is 4.98 Å². The van der Waals surface area contributed by atoms with Gasteiger partial charge in [-0.1, -0.05) is 15.9 Å². The van der Waals surface area contributed by atoms with Gasteiger partial charge in [-0.3, -0.25) is 5.43 Å². The first kappa shape index (κ1) is 18.7. The van der Waals surface area contributed by atoms with Crippen LogP contribution in [0.3, 0.4) is 0 Å². The highest BCUT2D eigenvalue weighted by molar-refractivity contribution is 9.10. The van der Waals surface area contributed by atoms with Gasteiger partial charge in [0.25, 0.3) is 0 Å². The number of methoxy groups -OCH3 is 2. The Kier molecular flexibility index (Phi) is 6.33. The van der Waals surface area contributed by atoms with E-state index in [0.717, 1.165) is 15.7 Å². The molecular weight excluding hydrogens is 388 g/mol. The fourth-order valence-corrected chi connectivity index (χ4v) is 2.68. The first-order valence-corrected chi connectivity index (χ1v) is 8.04. The number of halogens is 1. The molecule has 0 aliphatic heterocycles. The molecule has 7 nitrogen and oxygen atoms in total. The molecule has 0 atom stereocenters. The van der Waals surface area contributed by atoms with Gasteiger partial charge in [-0.15, -0.1) is 0 Å². The van der Waals surface area contributed by atoms with E-state index in [1.54, 1.807) is 25.3 Å². The van der Waals surface area contributed by atoms with Crippen LogP contribution >= 0.6 is 15.9 Å². The Bertz CT molecular complexity index is 847. The second-order valence-electron chi connectivity index (χ2n) is 5.11. The zero-order valence-electron chi connectivity index (χ0n) is 14.0. The molecule has 1 aromatic carbocycles. The summed E-state index contributed by atoms with van der Waals surface area (Å²) in [7, 11) is 3.03. The predicted molar refractivity (Wildman–Crippen MR) is 98.0 cm³/mol. The van der Waals surface area contributed by atoms with Crippen molar-refractivity contribution in [1.29, 1.82) is 5.26 Å². The molecule has 8 heteroatoms. The number of anilines is 1. The Labute approximate surface area is 154 Å². The lowest BCUT2D eigenvalue weighted by Crippen LogP contribution is -2.03. The first-order chi connectivity index (χ1) is 12.0. The molecule has 2 N–H and O–H groups in total. The zero-order valence-corrected chi connectivity index (χ0v) is 15.6. The highest BCUT2D eigenvalue weighted by Gasteiger charge is 2.11. The van der Waals surface area contributed by atoms with Crippen LogP contribution in [-0.4, -0.2) is 30.5 Å². The van der Waals surface area contributed by atoms with Gasteiger partial charge in [0.1, 0.15) is 11.6 Å². The number of hydrazone groups is 1. The molecule has 0 amide bonds. The molecule has 0 aliphatic rings. The second-order valence-corrected chi connectivity index (χ2v) is 6.02. The Hall–Kier alpha value is -2.63. The van der Waals surface area contributed by atoms with Gasteiger partial charge in [0, 0.05) is 28.4 Å². The van der Waals surface area contributed by atoms with Gasteiger partial charge < -0.3 is 14.6 Å². The van der Waals surface area contributed by atoms with Crippen LogP contribution in [-0.2, 0) is 11.3 Å². The van der Waals surface area contributed by atoms with Crippen molar-refractivity contribution in [3.63, 3.8) is 0 Å². The van der Waals surface area contributed by atoms with Gasteiger partial charge in [0.05, 0.1) is 19.9 Å². The fraction of sp³-hybridized carbons (Fsp3) is 0.235. The van der Waals surface area contributed by atoms with Crippen LogP contribution in [0.1, 0.15) is 22.4 Å². The number of phenolic OH excluding ortho intramolecular Hbond substituents is 1. The summed E-state index contributed by atoms with van der Waals surface area (Å²) in [6, 6.07) is 7.24. The molecule has 2 aromatic rings. The molecule has 25 heavy (non-hydrogen) atoms. The number of aromatic nitrogens is 1. The molecule has 0 saturated heterocycles. The lowest BCUT2D eigenvalue weighted by atomic mass is 10.1. The Morgan fingerprint density at radius 3 is 2.80 bits per heavy atom. The maximum atomic E-state index is 10.1. The highest BCUT2D eigenvalue weighted by atomic mass is 79.9. The number of rotatable bonds is 6. The van der Waals surface area contributed by atoms with E-state index in [9.17, 15) is 10.4 Å². The minimum Gasteiger partial charge on any atom is -0.504 e. The number of aryl methyl sites for hydroxylation is 1. The number of nitrogens with zero attached hydrogens (tertiary/aromatic N) is 3. The van der Waals surface area contributed by atoms with E-state index in [2.05, 4.69) is 37.5 Å². The molecule has 0 aliphatic carbocycles. The summed E-state index contributed by atoms with van der Waals surface area (Å²) in [4.78, 5) is 4.29. The standard InChI is InChI=1S/C17H17BrN4O3/c1-10-4-12(9-24-2)14(7-19)17(21-10)22-20-8-11-5-13(18)6-15(25-3)16(11)23/h4-6,8,23H,9H2,1-3H3,(H,21,22). The number of hydrogen-bond acceptors (Lipinski definition) is 7. The lowest BCUT2D eigenvalue weighted by molar-refractivity contribution is 0.184. The Morgan fingerprint density at radius 2 is 2.16 bits per heavy atom. The summed E-state index contributed by atoms with van der Waals surface area (Å²) in [5, 5.41) is 23.6. The highest BCUT2D eigenvalue weighted by Crippen LogP contribution is 2.32. The lowest BCUT2D eigenvalue weighted by Gasteiger charge is -2.09. The Balaban J connectivity index is 2.32. The maximum Gasteiger partial charge on any atom is 0.166 e. The van der Waals surface area contributed by atoms with E-state index in [1.807, 2.05) is 6.92 Å². The maximum absolute atomic E-state index is 10.1. The van der Waals surface area contributed by atoms with Gasteiger partial charge in [-0.05, 0) is 25.1 Å². The third-order valence-electron chi connectivity index (χ3n) is 3.30. The smallest absolute Gasteiger partial charge is 0.166 e. The van der Waals surface area contributed by atoms with Crippen LogP contribution in [0.4, 0.5) is 5.82 Å². The van der Waals surface area contributed by atoms with E-state index >= 15 is 0 Å². The average Bonchev–Trinajstić information content (AvgIpc) is 2.57. The van der Waals surface area contributed by atoms with Crippen molar-refractivity contribution in [2.24, 2.45) is 5.10 Å². The van der Waals surface area contributed by atoms with E-state index < -0.39 is 0 Å². The van der Waals surface area contributed by atoms with Crippen molar-refractivity contribution < 1.29 is 14.6 Å². The molecule has 130 valence electrons. The largest absolute Gasteiger partial charge is 0.504 e. The quantitative estimate of drug-likeness (QED) is 0.565. The summed E-state index contributed by atoms with van der Waals surface area (Å²) in [6.07, 6.45) is 1.42. The van der Waals surface area contributed by atoms with Crippen LogP contribution in [0.15, 0.2) is 27.8 Å². The van der Waals surface area contributed by atoms with Gasteiger partial charge in [0.15, 0.2) is 17.3 Å². The molecule has 0 bridgehead atoms. The molecule has 0 saturated carbocycles. The summed E-state index contributed by atoms with van der Waals surface area (Å²) in [6.45, 7) is 2.12. The van der Waals surface area contributed by atoms with Crippen molar-refractivity contribution in [2.45, 2.75) is 13.5 Å². The molecule has 0 fully saturated rings. The number of nitrogens with one attached hydrogen (secondary N) is 1. The minimum absolute atomic E-state index is 0.0333. The number of hydrogen-bond donors (Lipinski definition) is 2. The summed E-state index contributed by atoms with van der Waals surface area (Å²) in [5.41, 5.74) is 5.01. The first-order valence-electron chi connectivity index (χ1n) is 7.25. The van der Waals surface area contributed by atoms with Crippen LogP contribution in [0.2, 0.25) is 0 Å². The van der Waals surface area contributed by atoms with Crippen LogP contribution in [0, 0.1) is 18.3 Å². The second kappa shape index (κ2) is 8.46. The number of pyridine rings is 1. The number of aromatic hydroxyl groups is 1. The van der Waals surface area contributed by atoms with Gasteiger partial charge in [0.2, 0.25) is 0 Å². The summed E-state index contributed by atoms with van der Waals surface area (Å²) >= 11 is 3.34. The van der Waals surface area contributed by atoms with Gasteiger partial charge in [-0.2, -0.15) is 10.4 Å². The number of nitriles is 1. The zero-order chi connectivity index (χ0) is 18.4. The van der Waals surface area contributed by atoms with Crippen LogP contribution < -0.4 is 10.2 Å². The molecule has 1 aromatic heterocycles. The van der Waals surface area contributed by atoms with Crippen LogP contribution in [0.5, 0.6) is 11.5 Å². The summed E-state index contributed by atoms with van der Waals surface area (Å²) in [5.74, 6) is 0.617. The van der Waals surface area contributed by atoms with Crippen LogP contribution in [0.25, 0.3) is 0 Å². The monoisotopic (exact) mass is 404 g/mol.